The van der Waals surface area contributed by atoms with Crippen LogP contribution < -0.4 is 14.9 Å². The second kappa shape index (κ2) is 10.9. The van der Waals surface area contributed by atoms with Crippen LogP contribution in [0.1, 0.15) is 21.7 Å². The molecule has 6 nitrogen and oxygen atoms in total. The molecule has 1 aromatic heterocycles. The van der Waals surface area contributed by atoms with Crippen molar-refractivity contribution in [1.82, 2.24) is 5.43 Å². The summed E-state index contributed by atoms with van der Waals surface area (Å²) in [6, 6.07) is 16.5. The third-order valence-corrected chi connectivity index (χ3v) is 6.54. The third-order valence-electron chi connectivity index (χ3n) is 4.69. The Kier molecular flexibility index (Phi) is 7.98. The standard InChI is InChI=1S/C24H16Br3ClN2O4/c1-32-20-7-14(6-19(28)23(20)33-12-13-2-4-16(25)5-3-13)11-29-30-24(31)21-9-15-8-17(26)10-18(27)22(15)34-21/h2-11H,12H2,1H3,(H,30,31)/b29-11-. The second-order valence-corrected chi connectivity index (χ2v) is 10.2. The molecule has 0 radical (unpaired) electrons. The fraction of sp³-hybridized carbons (Fsp3) is 0.0833. The minimum Gasteiger partial charge on any atom is -0.493 e. The van der Waals surface area contributed by atoms with Gasteiger partial charge in [-0.25, -0.2) is 5.43 Å². The zero-order valence-corrected chi connectivity index (χ0v) is 23.1. The number of methoxy groups -OCH3 is 1. The lowest BCUT2D eigenvalue weighted by atomic mass is 10.2. The molecule has 1 amide bonds. The summed E-state index contributed by atoms with van der Waals surface area (Å²) < 4.78 is 19.6. The van der Waals surface area contributed by atoms with Crippen molar-refractivity contribution in [2.24, 2.45) is 5.10 Å². The van der Waals surface area contributed by atoms with Gasteiger partial charge in [-0.05, 0) is 69.5 Å². The Morgan fingerprint density at radius 3 is 2.59 bits per heavy atom. The van der Waals surface area contributed by atoms with Gasteiger partial charge in [-0.2, -0.15) is 5.10 Å². The number of carbonyl (C=O) groups excluding carboxylic acids is 1. The Labute approximate surface area is 225 Å². The van der Waals surface area contributed by atoms with Crippen molar-refractivity contribution in [2.75, 3.05) is 7.11 Å². The number of halogens is 4. The minimum atomic E-state index is -0.483. The highest BCUT2D eigenvalue weighted by Crippen LogP contribution is 2.36. The molecule has 4 aromatic rings. The summed E-state index contributed by atoms with van der Waals surface area (Å²) >= 11 is 16.7. The van der Waals surface area contributed by atoms with E-state index in [9.17, 15) is 4.79 Å². The summed E-state index contributed by atoms with van der Waals surface area (Å²) in [5.74, 6) is 0.527. The first kappa shape index (κ1) is 24.8. The fourth-order valence-electron chi connectivity index (χ4n) is 3.10. The van der Waals surface area contributed by atoms with E-state index in [2.05, 4.69) is 58.3 Å². The zero-order chi connectivity index (χ0) is 24.2. The van der Waals surface area contributed by atoms with Gasteiger partial charge in [0, 0.05) is 14.3 Å². The molecule has 4 rings (SSSR count). The number of furan rings is 1. The first-order chi connectivity index (χ1) is 16.3. The molecule has 0 aliphatic heterocycles. The van der Waals surface area contributed by atoms with Crippen molar-refractivity contribution < 1.29 is 18.7 Å². The summed E-state index contributed by atoms with van der Waals surface area (Å²) in [5, 5.41) is 5.15. The molecule has 0 aliphatic rings. The van der Waals surface area contributed by atoms with Crippen LogP contribution in [0.5, 0.6) is 11.5 Å². The summed E-state index contributed by atoms with van der Waals surface area (Å²) in [4.78, 5) is 12.5. The number of nitrogens with one attached hydrogen (secondary N) is 1. The zero-order valence-electron chi connectivity index (χ0n) is 17.6. The van der Waals surface area contributed by atoms with Gasteiger partial charge in [0.2, 0.25) is 0 Å². The number of fused-ring (bicyclic) bond motifs is 1. The predicted octanol–water partition coefficient (Wildman–Crippen LogP) is 7.73. The monoisotopic (exact) mass is 668 g/mol. The number of amides is 1. The third kappa shape index (κ3) is 5.83. The van der Waals surface area contributed by atoms with Crippen LogP contribution in [0.3, 0.4) is 0 Å². The van der Waals surface area contributed by atoms with Gasteiger partial charge < -0.3 is 13.9 Å². The van der Waals surface area contributed by atoms with Crippen LogP contribution >= 0.6 is 59.4 Å². The molecule has 1 N–H and O–H groups in total. The maximum atomic E-state index is 12.5. The van der Waals surface area contributed by atoms with E-state index in [1.165, 1.54) is 13.3 Å². The van der Waals surface area contributed by atoms with Crippen molar-refractivity contribution in [1.29, 1.82) is 0 Å². The van der Waals surface area contributed by atoms with Gasteiger partial charge in [0.1, 0.15) is 12.2 Å². The van der Waals surface area contributed by atoms with E-state index in [-0.39, 0.29) is 5.76 Å². The van der Waals surface area contributed by atoms with E-state index in [0.29, 0.717) is 34.3 Å². The Morgan fingerprint density at radius 1 is 1.09 bits per heavy atom. The first-order valence-corrected chi connectivity index (χ1v) is 12.6. The molecule has 0 bridgehead atoms. The molecule has 0 fully saturated rings. The fourth-order valence-corrected chi connectivity index (χ4v) is 4.98. The van der Waals surface area contributed by atoms with E-state index in [1.807, 2.05) is 36.4 Å². The molecule has 1 heterocycles. The van der Waals surface area contributed by atoms with E-state index < -0.39 is 5.91 Å². The lowest BCUT2D eigenvalue weighted by Gasteiger charge is -2.13. The van der Waals surface area contributed by atoms with Crippen molar-refractivity contribution in [3.05, 3.63) is 89.9 Å². The molecule has 0 saturated heterocycles. The molecule has 0 aliphatic carbocycles. The molecular weight excluding hydrogens is 655 g/mol. The number of hydrogen-bond acceptors (Lipinski definition) is 5. The Morgan fingerprint density at radius 2 is 1.85 bits per heavy atom. The maximum absolute atomic E-state index is 12.5. The molecule has 34 heavy (non-hydrogen) atoms. The number of benzene rings is 3. The topological polar surface area (TPSA) is 73.1 Å². The van der Waals surface area contributed by atoms with Gasteiger partial charge in [-0.15, -0.1) is 0 Å². The summed E-state index contributed by atoms with van der Waals surface area (Å²) in [6.45, 7) is 0.330. The maximum Gasteiger partial charge on any atom is 0.307 e. The van der Waals surface area contributed by atoms with Crippen LogP contribution in [0.15, 0.2) is 77.5 Å². The van der Waals surface area contributed by atoms with Crippen molar-refractivity contribution >= 4 is 82.5 Å². The van der Waals surface area contributed by atoms with Gasteiger partial charge in [0.25, 0.3) is 0 Å². The average Bonchev–Trinajstić information content (AvgIpc) is 3.23. The van der Waals surface area contributed by atoms with Crippen LogP contribution in [0, 0.1) is 0 Å². The second-order valence-electron chi connectivity index (χ2n) is 7.06. The Hall–Kier alpha value is -2.33. The lowest BCUT2D eigenvalue weighted by Crippen LogP contribution is -2.16. The minimum absolute atomic E-state index is 0.137. The highest BCUT2D eigenvalue weighted by molar-refractivity contribution is 9.11. The van der Waals surface area contributed by atoms with Crippen LogP contribution in [0.25, 0.3) is 11.0 Å². The van der Waals surface area contributed by atoms with E-state index >= 15 is 0 Å². The number of nitrogens with zero attached hydrogens (tertiary/aromatic N) is 1. The quantitative estimate of drug-likeness (QED) is 0.161. The van der Waals surface area contributed by atoms with Crippen LogP contribution in [-0.4, -0.2) is 19.2 Å². The van der Waals surface area contributed by atoms with Crippen LogP contribution in [-0.2, 0) is 6.61 Å². The van der Waals surface area contributed by atoms with Crippen molar-refractivity contribution in [2.45, 2.75) is 6.61 Å². The number of hydrazone groups is 1. The predicted molar refractivity (Wildman–Crippen MR) is 143 cm³/mol. The molecule has 3 aromatic carbocycles. The van der Waals surface area contributed by atoms with Crippen molar-refractivity contribution in [3.8, 4) is 11.5 Å². The summed E-state index contributed by atoms with van der Waals surface area (Å²) in [6.07, 6.45) is 1.46. The Bertz CT molecular complexity index is 1390. The van der Waals surface area contributed by atoms with Gasteiger partial charge in [0.05, 0.1) is 22.8 Å². The molecule has 10 heteroatoms. The molecule has 0 saturated carbocycles. The van der Waals surface area contributed by atoms with E-state index in [1.54, 1.807) is 18.2 Å². The summed E-state index contributed by atoms with van der Waals surface area (Å²) in [7, 11) is 1.53. The van der Waals surface area contributed by atoms with E-state index in [0.717, 1.165) is 24.4 Å². The van der Waals surface area contributed by atoms with Crippen LogP contribution in [0.2, 0.25) is 5.02 Å². The molecule has 0 spiro atoms. The molecule has 0 atom stereocenters. The normalized spacial score (nSPS) is 11.2. The van der Waals surface area contributed by atoms with E-state index in [4.69, 9.17) is 25.5 Å². The van der Waals surface area contributed by atoms with Crippen LogP contribution in [0.4, 0.5) is 0 Å². The highest BCUT2D eigenvalue weighted by atomic mass is 79.9. The smallest absolute Gasteiger partial charge is 0.307 e. The largest absolute Gasteiger partial charge is 0.493 e. The number of ether oxygens (including phenoxy) is 2. The van der Waals surface area contributed by atoms with Crippen molar-refractivity contribution in [3.63, 3.8) is 0 Å². The van der Waals surface area contributed by atoms with Gasteiger partial charge >= 0.3 is 5.91 Å². The number of rotatable bonds is 7. The van der Waals surface area contributed by atoms with Gasteiger partial charge in [-0.1, -0.05) is 55.6 Å². The number of carbonyl (C=O) groups is 1. The first-order valence-electron chi connectivity index (χ1n) is 9.81. The molecular formula is C24H16Br3ClN2O4. The highest BCUT2D eigenvalue weighted by Gasteiger charge is 2.15. The number of hydrogen-bond donors (Lipinski definition) is 1. The van der Waals surface area contributed by atoms with Gasteiger partial charge in [-0.3, -0.25) is 4.79 Å². The lowest BCUT2D eigenvalue weighted by molar-refractivity contribution is 0.0929. The summed E-state index contributed by atoms with van der Waals surface area (Å²) in [5.41, 5.74) is 4.64. The Balaban J connectivity index is 1.45. The molecule has 0 unspecified atom stereocenters. The molecule has 174 valence electrons. The SMILES string of the molecule is COc1cc(/C=N\NC(=O)c2cc3cc(Br)cc(Br)c3o2)cc(Cl)c1OCc1ccc(Br)cc1. The van der Waals surface area contributed by atoms with Gasteiger partial charge in [0.15, 0.2) is 17.3 Å². The average molecular weight is 672 g/mol.